The standard InChI is InChI=1S/C20H27Br2N/c21-13-5-9-17-12-11-16-8-4-10-18(22)19(16)20(17)23-14-15-6-2-1-3-7-15/h1-3,6-7,16-19H,4-5,8-14H2. The molecular weight excluding hydrogens is 414 g/mol. The average molecular weight is 441 g/mol. The van der Waals surface area contributed by atoms with Crippen molar-refractivity contribution < 1.29 is 0 Å². The lowest BCUT2D eigenvalue weighted by molar-refractivity contribution is 0.244. The van der Waals surface area contributed by atoms with E-state index in [1.54, 1.807) is 0 Å². The molecule has 2 aliphatic rings. The lowest BCUT2D eigenvalue weighted by Crippen LogP contribution is -2.42. The summed E-state index contributed by atoms with van der Waals surface area (Å²) in [4.78, 5) is 5.84. The maximum Gasteiger partial charge on any atom is 0.0639 e. The molecule has 3 rings (SSSR count). The first-order valence-electron chi connectivity index (χ1n) is 9.07. The molecule has 1 aromatic carbocycles. The molecule has 2 aliphatic carbocycles. The van der Waals surface area contributed by atoms with Crippen LogP contribution in [0.5, 0.6) is 0 Å². The largest absolute Gasteiger partial charge is 0.289 e. The first kappa shape index (κ1) is 17.7. The SMILES string of the molecule is BrCCCC1CCC2CCCC(Br)C2C1=NCc1ccccc1. The van der Waals surface area contributed by atoms with E-state index >= 15 is 0 Å². The second-order valence-corrected chi connectivity index (χ2v) is 9.03. The van der Waals surface area contributed by atoms with Gasteiger partial charge in [0.15, 0.2) is 0 Å². The highest BCUT2D eigenvalue weighted by Crippen LogP contribution is 2.45. The molecule has 23 heavy (non-hydrogen) atoms. The number of benzene rings is 1. The number of nitrogens with zero attached hydrogens (tertiary/aromatic N) is 1. The molecule has 4 atom stereocenters. The summed E-state index contributed by atoms with van der Waals surface area (Å²) in [7, 11) is 0. The fourth-order valence-electron chi connectivity index (χ4n) is 4.43. The molecule has 0 radical (unpaired) electrons. The maximum absolute atomic E-state index is 5.19. The highest BCUT2D eigenvalue weighted by Gasteiger charge is 2.41. The lowest BCUT2D eigenvalue weighted by Gasteiger charge is -2.43. The van der Waals surface area contributed by atoms with E-state index in [0.29, 0.717) is 16.7 Å². The van der Waals surface area contributed by atoms with Crippen molar-refractivity contribution in [1.82, 2.24) is 0 Å². The number of alkyl halides is 2. The van der Waals surface area contributed by atoms with E-state index in [-0.39, 0.29) is 0 Å². The van der Waals surface area contributed by atoms with Gasteiger partial charge in [0.1, 0.15) is 0 Å². The van der Waals surface area contributed by atoms with Crippen LogP contribution >= 0.6 is 31.9 Å². The summed E-state index contributed by atoms with van der Waals surface area (Å²) in [6.07, 6.45) is 9.42. The lowest BCUT2D eigenvalue weighted by atomic mass is 9.65. The van der Waals surface area contributed by atoms with E-state index < -0.39 is 0 Å². The Bertz CT molecular complexity index is 514. The van der Waals surface area contributed by atoms with Crippen molar-refractivity contribution in [2.24, 2.45) is 22.7 Å². The van der Waals surface area contributed by atoms with Gasteiger partial charge in [-0.3, -0.25) is 4.99 Å². The monoisotopic (exact) mass is 439 g/mol. The zero-order chi connectivity index (χ0) is 16.1. The van der Waals surface area contributed by atoms with Crippen molar-refractivity contribution >= 4 is 37.6 Å². The minimum atomic E-state index is 0.641. The molecular formula is C20H27Br2N. The van der Waals surface area contributed by atoms with Crippen LogP contribution in [0.15, 0.2) is 35.3 Å². The van der Waals surface area contributed by atoms with Crippen molar-refractivity contribution in [2.75, 3.05) is 5.33 Å². The van der Waals surface area contributed by atoms with Crippen molar-refractivity contribution in [3.63, 3.8) is 0 Å². The Labute approximate surface area is 157 Å². The fraction of sp³-hybridized carbons (Fsp3) is 0.650. The molecule has 0 aromatic heterocycles. The first-order chi connectivity index (χ1) is 11.3. The summed E-state index contributed by atoms with van der Waals surface area (Å²) >= 11 is 7.61. The number of rotatable bonds is 5. The van der Waals surface area contributed by atoms with Gasteiger partial charge in [-0.25, -0.2) is 0 Å². The molecule has 0 N–H and O–H groups in total. The third kappa shape index (κ3) is 4.48. The molecule has 1 nitrogen and oxygen atoms in total. The Morgan fingerprint density at radius 2 is 1.87 bits per heavy atom. The molecule has 0 saturated heterocycles. The van der Waals surface area contributed by atoms with Gasteiger partial charge in [-0.2, -0.15) is 0 Å². The smallest absolute Gasteiger partial charge is 0.0639 e. The highest BCUT2D eigenvalue weighted by atomic mass is 79.9. The van der Waals surface area contributed by atoms with Gasteiger partial charge < -0.3 is 0 Å². The van der Waals surface area contributed by atoms with Crippen molar-refractivity contribution in [3.8, 4) is 0 Å². The number of hydrogen-bond donors (Lipinski definition) is 0. The Balaban J connectivity index is 1.81. The van der Waals surface area contributed by atoms with Gasteiger partial charge in [-0.1, -0.05) is 68.6 Å². The third-order valence-corrected chi connectivity index (χ3v) is 7.16. The quantitative estimate of drug-likeness (QED) is 0.470. The van der Waals surface area contributed by atoms with Crippen LogP contribution in [-0.2, 0) is 6.54 Å². The van der Waals surface area contributed by atoms with E-state index in [2.05, 4.69) is 62.2 Å². The maximum atomic E-state index is 5.19. The molecule has 2 fully saturated rings. The van der Waals surface area contributed by atoms with E-state index in [1.807, 2.05) is 0 Å². The predicted molar refractivity (Wildman–Crippen MR) is 107 cm³/mol. The van der Waals surface area contributed by atoms with Crippen LogP contribution in [0.4, 0.5) is 0 Å². The first-order valence-corrected chi connectivity index (χ1v) is 11.1. The Morgan fingerprint density at radius 1 is 1.04 bits per heavy atom. The van der Waals surface area contributed by atoms with E-state index in [4.69, 9.17) is 4.99 Å². The Hall–Kier alpha value is -0.150. The van der Waals surface area contributed by atoms with Gasteiger partial charge in [-0.15, -0.1) is 0 Å². The minimum Gasteiger partial charge on any atom is -0.289 e. The average Bonchev–Trinajstić information content (AvgIpc) is 2.59. The molecule has 0 aliphatic heterocycles. The zero-order valence-corrected chi connectivity index (χ0v) is 16.9. The number of aliphatic imine (C=N–C) groups is 1. The summed E-state index contributed by atoms with van der Waals surface area (Å²) in [5, 5.41) is 1.11. The predicted octanol–water partition coefficient (Wildman–Crippen LogP) is 6.39. The number of hydrogen-bond acceptors (Lipinski definition) is 1. The summed E-state index contributed by atoms with van der Waals surface area (Å²) in [6.45, 7) is 0.851. The van der Waals surface area contributed by atoms with Crippen LogP contribution < -0.4 is 0 Å². The number of fused-ring (bicyclic) bond motifs is 1. The minimum absolute atomic E-state index is 0.641. The van der Waals surface area contributed by atoms with E-state index in [9.17, 15) is 0 Å². The zero-order valence-electron chi connectivity index (χ0n) is 13.8. The van der Waals surface area contributed by atoms with Gasteiger partial charge in [0.05, 0.1) is 6.54 Å². The summed E-state index contributed by atoms with van der Waals surface area (Å²) in [5.74, 6) is 2.25. The van der Waals surface area contributed by atoms with Gasteiger partial charge in [0, 0.05) is 21.8 Å². The molecule has 0 heterocycles. The molecule has 0 spiro atoms. The van der Waals surface area contributed by atoms with E-state index in [1.165, 1.54) is 56.2 Å². The third-order valence-electron chi connectivity index (χ3n) is 5.57. The second-order valence-electron chi connectivity index (χ2n) is 7.06. The van der Waals surface area contributed by atoms with Crippen LogP contribution in [0.3, 0.4) is 0 Å². The van der Waals surface area contributed by atoms with Crippen LogP contribution in [0.1, 0.15) is 50.5 Å². The van der Waals surface area contributed by atoms with Gasteiger partial charge in [-0.05, 0) is 55.9 Å². The second kappa shape index (κ2) is 8.80. The molecule has 126 valence electrons. The normalized spacial score (nSPS) is 32.7. The molecule has 0 bridgehead atoms. The molecule has 2 saturated carbocycles. The van der Waals surface area contributed by atoms with Crippen LogP contribution in [0.25, 0.3) is 0 Å². The summed E-state index contributed by atoms with van der Waals surface area (Å²) in [6, 6.07) is 10.7. The molecule has 4 unspecified atom stereocenters. The van der Waals surface area contributed by atoms with Crippen molar-refractivity contribution in [3.05, 3.63) is 35.9 Å². The topological polar surface area (TPSA) is 12.4 Å². The van der Waals surface area contributed by atoms with Gasteiger partial charge in [0.2, 0.25) is 0 Å². The fourth-order valence-corrected chi connectivity index (χ4v) is 5.78. The molecule has 3 heteroatoms. The van der Waals surface area contributed by atoms with Crippen molar-refractivity contribution in [1.29, 1.82) is 0 Å². The van der Waals surface area contributed by atoms with E-state index in [0.717, 1.165) is 17.8 Å². The number of halogens is 2. The molecule has 0 amide bonds. The Morgan fingerprint density at radius 3 is 2.65 bits per heavy atom. The van der Waals surface area contributed by atoms with Crippen LogP contribution in [0, 0.1) is 17.8 Å². The van der Waals surface area contributed by atoms with Crippen LogP contribution in [0.2, 0.25) is 0 Å². The van der Waals surface area contributed by atoms with Gasteiger partial charge >= 0.3 is 0 Å². The van der Waals surface area contributed by atoms with Crippen molar-refractivity contribution in [2.45, 2.75) is 56.3 Å². The summed E-state index contributed by atoms with van der Waals surface area (Å²) in [5.41, 5.74) is 2.87. The molecule has 1 aromatic rings. The summed E-state index contributed by atoms with van der Waals surface area (Å²) < 4.78 is 0. The highest BCUT2D eigenvalue weighted by molar-refractivity contribution is 9.09. The van der Waals surface area contributed by atoms with Gasteiger partial charge in [0.25, 0.3) is 0 Å². The Kier molecular flexibility index (Phi) is 6.76. The van der Waals surface area contributed by atoms with Crippen LogP contribution in [-0.4, -0.2) is 15.9 Å².